The maximum absolute atomic E-state index is 5.62. The Labute approximate surface area is 425 Å². The second kappa shape index (κ2) is 14.9. The number of nitrogens with zero attached hydrogens (tertiary/aromatic N) is 8. The van der Waals surface area contributed by atoms with Crippen molar-refractivity contribution in [1.29, 1.82) is 0 Å². The minimum Gasteiger partial charge on any atom is -0.278 e. The Morgan fingerprint density at radius 1 is 0.419 bits per heavy atom. The predicted octanol–water partition coefficient (Wildman–Crippen LogP) is 15.0. The lowest BCUT2D eigenvalue weighted by Crippen LogP contribution is -2.28. The van der Waals surface area contributed by atoms with E-state index in [2.05, 4.69) is 262 Å². The zero-order chi connectivity index (χ0) is 48.9. The normalized spacial score (nSPS) is 14.2. The van der Waals surface area contributed by atoms with E-state index in [1.165, 1.54) is 38.8 Å². The lowest BCUT2D eigenvalue weighted by Gasteiger charge is -2.34. The van der Waals surface area contributed by atoms with Crippen molar-refractivity contribution in [2.75, 3.05) is 0 Å². The summed E-state index contributed by atoms with van der Waals surface area (Å²) in [5, 5.41) is 3.34. The van der Waals surface area contributed by atoms with E-state index < -0.39 is 5.41 Å². The Balaban J connectivity index is 0.988. The van der Waals surface area contributed by atoms with Crippen molar-refractivity contribution in [3.05, 3.63) is 258 Å². The van der Waals surface area contributed by atoms with Gasteiger partial charge in [-0.05, 0) is 99.6 Å². The minimum absolute atomic E-state index is 0.190. The molecule has 0 saturated carbocycles. The van der Waals surface area contributed by atoms with Crippen LogP contribution < -0.4 is 0 Å². The van der Waals surface area contributed by atoms with Gasteiger partial charge in [0.25, 0.3) is 0 Å². The van der Waals surface area contributed by atoms with Gasteiger partial charge in [0, 0.05) is 27.1 Å². The lowest BCUT2D eigenvalue weighted by atomic mass is 9.67. The highest BCUT2D eigenvalue weighted by atomic mass is 15.3. The zero-order valence-corrected chi connectivity index (χ0v) is 40.5. The molecule has 16 rings (SSSR count). The number of aromatic nitrogens is 8. The van der Waals surface area contributed by atoms with Crippen molar-refractivity contribution in [3.8, 4) is 40.1 Å². The molecule has 0 radical (unpaired) electrons. The van der Waals surface area contributed by atoms with E-state index in [1.807, 2.05) is 0 Å². The molecule has 5 heterocycles. The van der Waals surface area contributed by atoms with Crippen LogP contribution in [0.4, 0.5) is 0 Å². The number of hydrogen-bond donors (Lipinski definition) is 0. The summed E-state index contributed by atoms with van der Waals surface area (Å²) < 4.78 is 9.07. The summed E-state index contributed by atoms with van der Waals surface area (Å²) in [4.78, 5) is 22.1. The Kier molecular flexibility index (Phi) is 8.28. The van der Waals surface area contributed by atoms with E-state index in [-0.39, 0.29) is 5.41 Å². The van der Waals surface area contributed by atoms with Crippen molar-refractivity contribution < 1.29 is 0 Å². The largest absolute Gasteiger partial charge is 0.278 e. The van der Waals surface area contributed by atoms with Crippen molar-refractivity contribution in [1.82, 2.24) is 38.0 Å². The van der Waals surface area contributed by atoms with Crippen LogP contribution in [0, 0.1) is 0 Å². The fourth-order valence-electron chi connectivity index (χ4n) is 13.0. The van der Waals surface area contributed by atoms with Crippen molar-refractivity contribution in [2.24, 2.45) is 0 Å². The van der Waals surface area contributed by atoms with Gasteiger partial charge >= 0.3 is 0 Å². The highest BCUT2D eigenvalue weighted by molar-refractivity contribution is 6.14. The number of para-hydroxylation sites is 6. The molecule has 8 heteroatoms. The van der Waals surface area contributed by atoms with Gasteiger partial charge in [-0.1, -0.05) is 184 Å². The van der Waals surface area contributed by atoms with Crippen LogP contribution in [0.5, 0.6) is 0 Å². The first-order chi connectivity index (χ1) is 36.5. The maximum Gasteiger partial charge on any atom is 0.240 e. The van der Waals surface area contributed by atoms with Gasteiger partial charge in [0.15, 0.2) is 5.82 Å². The van der Waals surface area contributed by atoms with Crippen LogP contribution in [-0.2, 0) is 10.8 Å². The molecular weight excluding hydrogens is 905 g/mol. The smallest absolute Gasteiger partial charge is 0.240 e. The minimum atomic E-state index is -0.602. The monoisotopic (exact) mass is 948 g/mol. The molecule has 8 nitrogen and oxygen atoms in total. The summed E-state index contributed by atoms with van der Waals surface area (Å²) in [6.45, 7) is 4.57. The molecule has 0 spiro atoms. The van der Waals surface area contributed by atoms with Crippen molar-refractivity contribution in [3.63, 3.8) is 0 Å². The van der Waals surface area contributed by atoms with Gasteiger partial charge in [-0.2, -0.15) is 15.0 Å². The highest BCUT2D eigenvalue weighted by Gasteiger charge is 2.46. The molecule has 0 aliphatic heterocycles. The van der Waals surface area contributed by atoms with Crippen LogP contribution in [0.2, 0.25) is 0 Å². The Hall–Kier alpha value is -9.66. The van der Waals surface area contributed by atoms with Crippen LogP contribution >= 0.6 is 0 Å². The summed E-state index contributed by atoms with van der Waals surface area (Å²) in [6.07, 6.45) is 4.54. The second-order valence-electron chi connectivity index (χ2n) is 20.3. The molecule has 14 aromatic rings. The second-order valence-corrected chi connectivity index (χ2v) is 20.3. The molecule has 0 atom stereocenters. The van der Waals surface area contributed by atoms with E-state index in [1.54, 1.807) is 0 Å². The first-order valence-electron chi connectivity index (χ1n) is 25.3. The zero-order valence-electron chi connectivity index (χ0n) is 40.5. The summed E-state index contributed by atoms with van der Waals surface area (Å²) in [7, 11) is 0. The molecular formula is C66H44N8. The number of hydrogen-bond acceptors (Lipinski definition) is 4. The van der Waals surface area contributed by atoms with Crippen LogP contribution in [0.1, 0.15) is 47.4 Å². The number of fused-ring (bicyclic) bond motifs is 14. The van der Waals surface area contributed by atoms with Gasteiger partial charge in [0.2, 0.25) is 17.7 Å². The lowest BCUT2D eigenvalue weighted by molar-refractivity contribution is 0.688. The van der Waals surface area contributed by atoms with Gasteiger partial charge in [-0.25, -0.2) is 4.98 Å². The average Bonchev–Trinajstić information content (AvgIpc) is 4.31. The first kappa shape index (κ1) is 41.0. The summed E-state index contributed by atoms with van der Waals surface area (Å²) in [5.41, 5.74) is 18.0. The molecule has 0 amide bonds. The quantitative estimate of drug-likeness (QED) is 0.166. The van der Waals surface area contributed by atoms with E-state index in [4.69, 9.17) is 19.9 Å². The highest BCUT2D eigenvalue weighted by Crippen LogP contribution is 2.56. The average molecular weight is 949 g/mol. The van der Waals surface area contributed by atoms with E-state index in [0.29, 0.717) is 17.7 Å². The predicted molar refractivity (Wildman–Crippen MR) is 299 cm³/mol. The van der Waals surface area contributed by atoms with E-state index >= 15 is 0 Å². The van der Waals surface area contributed by atoms with Crippen LogP contribution in [0.25, 0.3) is 107 Å². The Morgan fingerprint density at radius 3 is 1.77 bits per heavy atom. The van der Waals surface area contributed by atoms with Gasteiger partial charge < -0.3 is 0 Å². The third-order valence-corrected chi connectivity index (χ3v) is 16.0. The standard InChI is InChI=1S/C66H44N8/c1-65(2)39-38-58-60(65)47-27-9-14-32-52(47)72(58)63-69-61(41-20-18-23-43(40-41)66(42-21-4-3-5-22-42)48-28-10-6-24-44(48)45-25-7-11-29-49(45)66)68-62(70-63)71-51-31-13-8-26-46(51)59-56(71)36-19-37-57(59)74-55-35-17-16-34-54(55)73-53-33-15-12-30-50(53)67-64(73)74/h3-40H,1-2H3. The number of allylic oxidation sites excluding steroid dienone is 1. The SMILES string of the molecule is CC1(C)C=Cc2c1c1ccccc1n2-c1nc(-c2cccc(C3(c4ccccc4)c4ccccc4-c4ccccc43)c2)nc(-n2c3ccccc3c3c(-n4c5ccccc5n5c6ccccc6nc45)cccc32)n1. The number of benzene rings is 9. The van der Waals surface area contributed by atoms with Gasteiger partial charge in [-0.15, -0.1) is 0 Å². The summed E-state index contributed by atoms with van der Waals surface area (Å²) in [5.74, 6) is 2.50. The fraction of sp³-hybridized carbons (Fsp3) is 0.0606. The molecule has 2 aliphatic rings. The molecule has 2 aliphatic carbocycles. The van der Waals surface area contributed by atoms with Crippen LogP contribution in [-0.4, -0.2) is 38.0 Å². The molecule has 0 saturated heterocycles. The number of imidazole rings is 2. The van der Waals surface area contributed by atoms with Crippen molar-refractivity contribution in [2.45, 2.75) is 24.7 Å². The Bertz CT molecular complexity index is 4670. The molecule has 0 fully saturated rings. The van der Waals surface area contributed by atoms with E-state index in [0.717, 1.165) is 77.7 Å². The molecule has 5 aromatic heterocycles. The molecule has 74 heavy (non-hydrogen) atoms. The third-order valence-electron chi connectivity index (χ3n) is 16.0. The maximum atomic E-state index is 5.62. The molecule has 348 valence electrons. The van der Waals surface area contributed by atoms with Gasteiger partial charge in [0.1, 0.15) is 0 Å². The summed E-state index contributed by atoms with van der Waals surface area (Å²) >= 11 is 0. The molecule has 9 aromatic carbocycles. The van der Waals surface area contributed by atoms with Crippen LogP contribution in [0.3, 0.4) is 0 Å². The van der Waals surface area contributed by atoms with Crippen molar-refractivity contribution >= 4 is 66.6 Å². The molecule has 0 bridgehead atoms. The topological polar surface area (TPSA) is 70.8 Å². The van der Waals surface area contributed by atoms with Gasteiger partial charge in [0.05, 0.1) is 55.4 Å². The molecule has 0 unspecified atom stereocenters. The van der Waals surface area contributed by atoms with Crippen LogP contribution in [0.15, 0.2) is 224 Å². The van der Waals surface area contributed by atoms with E-state index in [9.17, 15) is 0 Å². The first-order valence-corrected chi connectivity index (χ1v) is 25.3. The number of rotatable bonds is 6. The summed E-state index contributed by atoms with van der Waals surface area (Å²) in [6, 6.07) is 78.4. The van der Waals surface area contributed by atoms with Gasteiger partial charge in [-0.3, -0.25) is 18.1 Å². The fourth-order valence-corrected chi connectivity index (χ4v) is 13.0. The molecule has 0 N–H and O–H groups in total. The third kappa shape index (κ3) is 5.40. The Morgan fingerprint density at radius 2 is 1.00 bits per heavy atom.